The molecule has 0 unspecified atom stereocenters. The van der Waals surface area contributed by atoms with E-state index in [2.05, 4.69) is 24.9 Å². The van der Waals surface area contributed by atoms with Crippen LogP contribution in [0.1, 0.15) is 11.3 Å². The van der Waals surface area contributed by atoms with E-state index in [9.17, 15) is 9.59 Å². The summed E-state index contributed by atoms with van der Waals surface area (Å²) < 4.78 is 0. The van der Waals surface area contributed by atoms with Crippen LogP contribution in [0.25, 0.3) is 10.3 Å². The molecule has 19 heavy (non-hydrogen) atoms. The molecular weight excluding hydrogens is 266 g/mol. The predicted octanol–water partition coefficient (Wildman–Crippen LogP) is 0.766. The van der Waals surface area contributed by atoms with Crippen molar-refractivity contribution in [2.75, 3.05) is 0 Å². The van der Waals surface area contributed by atoms with E-state index in [4.69, 9.17) is 0 Å². The number of thiazole rings is 1. The van der Waals surface area contributed by atoms with E-state index < -0.39 is 0 Å². The topological polar surface area (TPSA) is 104 Å². The second-order valence-electron chi connectivity index (χ2n) is 3.68. The van der Waals surface area contributed by atoms with Gasteiger partial charge in [0.2, 0.25) is 0 Å². The number of fused-ring (bicyclic) bond motifs is 1. The number of aryl methyl sites for hydroxylation is 1. The number of H-pyrrole nitrogens is 2. The van der Waals surface area contributed by atoms with Crippen molar-refractivity contribution in [3.8, 4) is 0 Å². The molecule has 98 valence electrons. The molecule has 0 saturated carbocycles. The van der Waals surface area contributed by atoms with E-state index in [0.717, 1.165) is 5.69 Å². The van der Waals surface area contributed by atoms with Crippen molar-refractivity contribution in [1.82, 2.24) is 24.9 Å². The first kappa shape index (κ1) is 13.1. The molecule has 0 radical (unpaired) electrons. The highest BCUT2D eigenvalue weighted by molar-refractivity contribution is 7.16. The first-order valence-corrected chi connectivity index (χ1v) is 6.25. The van der Waals surface area contributed by atoms with E-state index in [1.165, 1.54) is 24.0 Å². The Morgan fingerprint density at radius 1 is 1.00 bits per heavy atom. The largest absolute Gasteiger partial charge is 0.313 e. The maximum Gasteiger partial charge on any atom is 0.278 e. The Labute approximate surface area is 111 Å². The van der Waals surface area contributed by atoms with Gasteiger partial charge in [-0.1, -0.05) is 0 Å². The summed E-state index contributed by atoms with van der Waals surface area (Å²) in [4.78, 5) is 38.8. The van der Waals surface area contributed by atoms with Crippen LogP contribution in [0.5, 0.6) is 0 Å². The highest BCUT2D eigenvalue weighted by atomic mass is 32.1. The van der Waals surface area contributed by atoms with Gasteiger partial charge >= 0.3 is 0 Å². The van der Waals surface area contributed by atoms with Crippen LogP contribution in [-0.4, -0.2) is 24.9 Å². The van der Waals surface area contributed by atoms with Crippen LogP contribution in [0, 0.1) is 13.8 Å². The molecule has 0 amide bonds. The van der Waals surface area contributed by atoms with Crippen LogP contribution in [0.4, 0.5) is 0 Å². The minimum Gasteiger partial charge on any atom is -0.313 e. The Morgan fingerprint density at radius 2 is 1.68 bits per heavy atom. The maximum absolute atomic E-state index is 10.9. The number of nitrogens with one attached hydrogen (secondary N) is 2. The number of hydrogen-bond acceptors (Lipinski definition) is 6. The third-order valence-electron chi connectivity index (χ3n) is 2.48. The van der Waals surface area contributed by atoms with E-state index in [1.807, 2.05) is 6.92 Å². The van der Waals surface area contributed by atoms with Gasteiger partial charge in [0.15, 0.2) is 10.3 Å². The van der Waals surface area contributed by atoms with Crippen molar-refractivity contribution < 1.29 is 0 Å². The summed E-state index contributed by atoms with van der Waals surface area (Å²) in [6, 6.07) is 0. The lowest BCUT2D eigenvalue weighted by Gasteiger charge is -1.92. The molecule has 8 heteroatoms. The zero-order chi connectivity index (χ0) is 13.8. The van der Waals surface area contributed by atoms with Gasteiger partial charge < -0.3 is 9.97 Å². The van der Waals surface area contributed by atoms with Gasteiger partial charge in [-0.3, -0.25) is 9.59 Å². The van der Waals surface area contributed by atoms with Crippen molar-refractivity contribution in [2.45, 2.75) is 13.8 Å². The maximum atomic E-state index is 10.9. The summed E-state index contributed by atoms with van der Waals surface area (Å²) in [5.74, 6) is 0. The van der Waals surface area contributed by atoms with Crippen LogP contribution in [0.2, 0.25) is 0 Å². The summed E-state index contributed by atoms with van der Waals surface area (Å²) in [7, 11) is 0. The summed E-state index contributed by atoms with van der Waals surface area (Å²) >= 11 is 1.36. The van der Waals surface area contributed by atoms with Crippen LogP contribution in [0.15, 0.2) is 27.8 Å². The first-order chi connectivity index (χ1) is 9.09. The SMILES string of the molecule is Cc1nc[nH]c(=O)c1C.O=c1[nH]cnc2scnc12. The normalized spacial score (nSPS) is 10.0. The summed E-state index contributed by atoms with van der Waals surface area (Å²) in [5, 5.41) is 0. The van der Waals surface area contributed by atoms with Crippen molar-refractivity contribution in [1.29, 1.82) is 0 Å². The highest BCUT2D eigenvalue weighted by Gasteiger charge is 1.98. The molecule has 3 heterocycles. The molecular formula is C11H11N5O2S. The molecule has 0 aliphatic rings. The quantitative estimate of drug-likeness (QED) is 0.631. The van der Waals surface area contributed by atoms with Gasteiger partial charge in [-0.15, -0.1) is 11.3 Å². The standard InChI is InChI=1S/C6H8N2O.C5H3N3OS/c1-4-5(2)7-3-8-6(4)9;9-4-3-5(7-1-6-4)10-2-8-3/h3H,1-2H3,(H,7,8,9);1-2H,(H,6,7,9). The lowest BCUT2D eigenvalue weighted by molar-refractivity contribution is 1.02. The molecule has 3 aromatic heterocycles. The molecule has 2 N–H and O–H groups in total. The number of nitrogens with zero attached hydrogens (tertiary/aromatic N) is 3. The van der Waals surface area contributed by atoms with E-state index in [1.54, 1.807) is 12.4 Å². The molecule has 0 aliphatic heterocycles. The fourth-order valence-electron chi connectivity index (χ4n) is 1.26. The fourth-order valence-corrected chi connectivity index (χ4v) is 1.89. The van der Waals surface area contributed by atoms with E-state index in [-0.39, 0.29) is 11.1 Å². The van der Waals surface area contributed by atoms with Gasteiger partial charge in [-0.25, -0.2) is 15.0 Å². The van der Waals surface area contributed by atoms with Gasteiger partial charge in [0.1, 0.15) is 0 Å². The van der Waals surface area contributed by atoms with Crippen LogP contribution in [-0.2, 0) is 0 Å². The Balaban J connectivity index is 0.000000141. The van der Waals surface area contributed by atoms with Crippen molar-refractivity contribution >= 4 is 21.7 Å². The first-order valence-electron chi connectivity index (χ1n) is 5.37. The zero-order valence-corrected chi connectivity index (χ0v) is 11.1. The van der Waals surface area contributed by atoms with Crippen molar-refractivity contribution in [2.24, 2.45) is 0 Å². The monoisotopic (exact) mass is 277 g/mol. The molecule has 0 atom stereocenters. The van der Waals surface area contributed by atoms with E-state index >= 15 is 0 Å². The number of rotatable bonds is 0. The molecule has 3 aromatic rings. The Kier molecular flexibility index (Phi) is 3.81. The lowest BCUT2D eigenvalue weighted by Crippen LogP contribution is -2.11. The molecule has 0 aliphatic carbocycles. The van der Waals surface area contributed by atoms with Crippen molar-refractivity contribution in [3.63, 3.8) is 0 Å². The zero-order valence-electron chi connectivity index (χ0n) is 10.3. The van der Waals surface area contributed by atoms with Crippen LogP contribution >= 0.6 is 11.3 Å². The third kappa shape index (κ3) is 2.91. The summed E-state index contributed by atoms with van der Waals surface area (Å²) in [5.41, 5.74) is 3.28. The molecule has 0 saturated heterocycles. The molecule has 0 fully saturated rings. The van der Waals surface area contributed by atoms with Crippen molar-refractivity contribution in [3.05, 3.63) is 50.1 Å². The molecule has 3 rings (SSSR count). The average Bonchev–Trinajstić information content (AvgIpc) is 2.86. The highest BCUT2D eigenvalue weighted by Crippen LogP contribution is 2.07. The molecule has 0 bridgehead atoms. The van der Waals surface area contributed by atoms with E-state index in [0.29, 0.717) is 15.9 Å². The Hall–Kier alpha value is -2.35. The average molecular weight is 277 g/mol. The summed E-state index contributed by atoms with van der Waals surface area (Å²) in [6.45, 7) is 3.56. The van der Waals surface area contributed by atoms with Gasteiger partial charge in [0.25, 0.3) is 11.1 Å². The Bertz CT molecular complexity index is 804. The van der Waals surface area contributed by atoms with Gasteiger partial charge in [-0.2, -0.15) is 0 Å². The lowest BCUT2D eigenvalue weighted by atomic mass is 10.3. The van der Waals surface area contributed by atoms with Gasteiger partial charge in [0, 0.05) is 11.3 Å². The van der Waals surface area contributed by atoms with Crippen LogP contribution < -0.4 is 11.1 Å². The number of aromatic nitrogens is 5. The van der Waals surface area contributed by atoms with Crippen LogP contribution in [0.3, 0.4) is 0 Å². The number of aromatic amines is 2. The summed E-state index contributed by atoms with van der Waals surface area (Å²) in [6.07, 6.45) is 2.79. The molecule has 7 nitrogen and oxygen atoms in total. The molecule has 0 spiro atoms. The number of hydrogen-bond donors (Lipinski definition) is 2. The second kappa shape index (κ2) is 5.53. The minimum absolute atomic E-state index is 0.0532. The minimum atomic E-state index is -0.175. The fraction of sp³-hybridized carbons (Fsp3) is 0.182. The van der Waals surface area contributed by atoms with Gasteiger partial charge in [0.05, 0.1) is 18.2 Å². The predicted molar refractivity (Wildman–Crippen MR) is 72.4 cm³/mol. The van der Waals surface area contributed by atoms with Gasteiger partial charge in [-0.05, 0) is 13.8 Å². The Morgan fingerprint density at radius 3 is 2.32 bits per heavy atom. The third-order valence-corrected chi connectivity index (χ3v) is 3.21. The second-order valence-corrected chi connectivity index (χ2v) is 4.51. The smallest absolute Gasteiger partial charge is 0.278 e. The molecule has 0 aromatic carbocycles.